The molecule has 0 aromatic heterocycles. The minimum Gasteiger partial charge on any atom is -0.484 e. The highest BCUT2D eigenvalue weighted by Gasteiger charge is 2.16. The second-order valence-corrected chi connectivity index (χ2v) is 5.01. The van der Waals surface area contributed by atoms with Gasteiger partial charge in [-0.3, -0.25) is 4.79 Å². The number of aromatic carboxylic acids is 1. The summed E-state index contributed by atoms with van der Waals surface area (Å²) in [6, 6.07) is 4.53. The fraction of sp³-hybridized carbons (Fsp3) is 0.467. The zero-order valence-electron chi connectivity index (χ0n) is 11.9. The van der Waals surface area contributed by atoms with Crippen LogP contribution >= 0.6 is 0 Å². The van der Waals surface area contributed by atoms with Gasteiger partial charge in [-0.05, 0) is 43.5 Å². The molecule has 2 N–H and O–H groups in total. The molecule has 0 radical (unpaired) electrons. The summed E-state index contributed by atoms with van der Waals surface area (Å²) in [6.07, 6.45) is 2.11. The van der Waals surface area contributed by atoms with Gasteiger partial charge in [0.25, 0.3) is 5.91 Å². The minimum absolute atomic E-state index is 0.0972. The zero-order chi connectivity index (χ0) is 15.2. The average molecular weight is 293 g/mol. The first-order valence-electron chi connectivity index (χ1n) is 6.91. The molecular formula is C15H19NO5. The lowest BCUT2D eigenvalue weighted by Crippen LogP contribution is -2.35. The second-order valence-electron chi connectivity index (χ2n) is 5.01. The summed E-state index contributed by atoms with van der Waals surface area (Å²) in [5.41, 5.74) is 0.879. The van der Waals surface area contributed by atoms with Crippen molar-refractivity contribution >= 4 is 11.9 Å². The largest absolute Gasteiger partial charge is 0.484 e. The van der Waals surface area contributed by atoms with Crippen LogP contribution in [0.3, 0.4) is 0 Å². The number of carboxylic acids is 1. The molecule has 1 unspecified atom stereocenters. The fourth-order valence-electron chi connectivity index (χ4n) is 2.17. The van der Waals surface area contributed by atoms with Gasteiger partial charge in [0.1, 0.15) is 5.75 Å². The molecule has 1 aliphatic heterocycles. The third-order valence-electron chi connectivity index (χ3n) is 3.33. The van der Waals surface area contributed by atoms with E-state index in [9.17, 15) is 9.59 Å². The normalized spacial score (nSPS) is 17.5. The standard InChI is InChI=1S/C15H19NO5/c1-10-7-11(15(18)19)4-5-13(10)21-9-14(17)16-8-12-3-2-6-20-12/h4-5,7,12H,2-3,6,8-9H2,1H3,(H,16,17)(H,18,19). The molecule has 1 aromatic rings. The molecule has 1 heterocycles. The zero-order valence-corrected chi connectivity index (χ0v) is 11.9. The Labute approximate surface area is 123 Å². The average Bonchev–Trinajstić information content (AvgIpc) is 2.97. The van der Waals surface area contributed by atoms with Crippen LogP contribution in [-0.4, -0.2) is 42.8 Å². The first kappa shape index (κ1) is 15.3. The number of ether oxygens (including phenoxy) is 2. The highest BCUT2D eigenvalue weighted by atomic mass is 16.5. The smallest absolute Gasteiger partial charge is 0.335 e. The van der Waals surface area contributed by atoms with Crippen molar-refractivity contribution in [1.29, 1.82) is 0 Å². The molecule has 0 spiro atoms. The molecule has 2 rings (SSSR count). The Morgan fingerprint density at radius 3 is 2.90 bits per heavy atom. The Morgan fingerprint density at radius 2 is 2.29 bits per heavy atom. The summed E-state index contributed by atoms with van der Waals surface area (Å²) in [5.74, 6) is -0.696. The van der Waals surface area contributed by atoms with Crippen molar-refractivity contribution in [3.63, 3.8) is 0 Å². The fourth-order valence-corrected chi connectivity index (χ4v) is 2.17. The van der Waals surface area contributed by atoms with E-state index in [0.29, 0.717) is 17.9 Å². The molecule has 1 fully saturated rings. The molecular weight excluding hydrogens is 274 g/mol. The Bertz CT molecular complexity index is 523. The first-order chi connectivity index (χ1) is 10.1. The maximum atomic E-state index is 11.7. The third kappa shape index (κ3) is 4.46. The van der Waals surface area contributed by atoms with Crippen molar-refractivity contribution in [3.05, 3.63) is 29.3 Å². The number of hydrogen-bond donors (Lipinski definition) is 2. The van der Waals surface area contributed by atoms with E-state index in [4.69, 9.17) is 14.6 Å². The highest BCUT2D eigenvalue weighted by Crippen LogP contribution is 2.19. The number of carboxylic acid groups (broad SMARTS) is 1. The molecule has 21 heavy (non-hydrogen) atoms. The Kier molecular flexibility index (Phi) is 5.16. The quantitative estimate of drug-likeness (QED) is 0.827. The molecule has 1 saturated heterocycles. The van der Waals surface area contributed by atoms with Crippen LogP contribution in [0.5, 0.6) is 5.75 Å². The van der Waals surface area contributed by atoms with Gasteiger partial charge >= 0.3 is 5.97 Å². The molecule has 1 aromatic carbocycles. The van der Waals surface area contributed by atoms with Crippen molar-refractivity contribution in [3.8, 4) is 5.75 Å². The lowest BCUT2D eigenvalue weighted by Gasteiger charge is -2.12. The highest BCUT2D eigenvalue weighted by molar-refractivity contribution is 5.88. The maximum absolute atomic E-state index is 11.7. The number of carbonyl (C=O) groups excluding carboxylic acids is 1. The van der Waals surface area contributed by atoms with Crippen molar-refractivity contribution in [2.75, 3.05) is 19.8 Å². The van der Waals surface area contributed by atoms with Gasteiger partial charge in [-0.25, -0.2) is 4.79 Å². The SMILES string of the molecule is Cc1cc(C(=O)O)ccc1OCC(=O)NCC1CCCO1. The van der Waals surface area contributed by atoms with Crippen LogP contribution in [0.4, 0.5) is 0 Å². The minimum atomic E-state index is -0.987. The van der Waals surface area contributed by atoms with E-state index >= 15 is 0 Å². The molecule has 1 amide bonds. The molecule has 6 nitrogen and oxygen atoms in total. The van der Waals surface area contributed by atoms with Gasteiger partial charge in [-0.1, -0.05) is 0 Å². The molecule has 0 saturated carbocycles. The Hall–Kier alpha value is -2.08. The van der Waals surface area contributed by atoms with E-state index in [0.717, 1.165) is 19.4 Å². The van der Waals surface area contributed by atoms with Gasteiger partial charge in [-0.15, -0.1) is 0 Å². The van der Waals surface area contributed by atoms with E-state index in [-0.39, 0.29) is 24.2 Å². The summed E-state index contributed by atoms with van der Waals surface area (Å²) in [7, 11) is 0. The van der Waals surface area contributed by atoms with Crippen LogP contribution in [-0.2, 0) is 9.53 Å². The summed E-state index contributed by atoms with van der Waals surface area (Å²) in [5, 5.41) is 11.6. The van der Waals surface area contributed by atoms with Crippen LogP contribution in [0.2, 0.25) is 0 Å². The van der Waals surface area contributed by atoms with Crippen molar-refractivity contribution in [1.82, 2.24) is 5.32 Å². The predicted octanol–water partition coefficient (Wildman–Crippen LogP) is 1.37. The molecule has 1 atom stereocenters. The number of carbonyl (C=O) groups is 2. The molecule has 114 valence electrons. The van der Waals surface area contributed by atoms with Gasteiger partial charge in [-0.2, -0.15) is 0 Å². The topological polar surface area (TPSA) is 84.9 Å². The number of rotatable bonds is 6. The molecule has 6 heteroatoms. The van der Waals surface area contributed by atoms with Gasteiger partial charge in [0.05, 0.1) is 11.7 Å². The van der Waals surface area contributed by atoms with Crippen LogP contribution in [0.1, 0.15) is 28.8 Å². The molecule has 1 aliphatic rings. The van der Waals surface area contributed by atoms with Gasteiger partial charge in [0, 0.05) is 13.2 Å². The van der Waals surface area contributed by atoms with Crippen molar-refractivity contribution in [2.24, 2.45) is 0 Å². The number of amides is 1. The maximum Gasteiger partial charge on any atom is 0.335 e. The second kappa shape index (κ2) is 7.08. The van der Waals surface area contributed by atoms with E-state index in [2.05, 4.69) is 5.32 Å². The van der Waals surface area contributed by atoms with Crippen LogP contribution in [0, 0.1) is 6.92 Å². The van der Waals surface area contributed by atoms with Gasteiger partial charge in [0.2, 0.25) is 0 Å². The first-order valence-corrected chi connectivity index (χ1v) is 6.91. The third-order valence-corrected chi connectivity index (χ3v) is 3.33. The summed E-state index contributed by atoms with van der Waals surface area (Å²) in [4.78, 5) is 22.5. The van der Waals surface area contributed by atoms with Gasteiger partial charge < -0.3 is 19.9 Å². The summed E-state index contributed by atoms with van der Waals surface area (Å²) >= 11 is 0. The number of nitrogens with one attached hydrogen (secondary N) is 1. The van der Waals surface area contributed by atoms with E-state index in [1.165, 1.54) is 12.1 Å². The predicted molar refractivity (Wildman–Crippen MR) is 75.6 cm³/mol. The van der Waals surface area contributed by atoms with Crippen molar-refractivity contribution in [2.45, 2.75) is 25.9 Å². The summed E-state index contributed by atoms with van der Waals surface area (Å²) in [6.45, 7) is 2.90. The number of aryl methyl sites for hydroxylation is 1. The monoisotopic (exact) mass is 293 g/mol. The van der Waals surface area contributed by atoms with E-state index < -0.39 is 5.97 Å². The van der Waals surface area contributed by atoms with Crippen LogP contribution < -0.4 is 10.1 Å². The number of benzene rings is 1. The van der Waals surface area contributed by atoms with Gasteiger partial charge in [0.15, 0.2) is 6.61 Å². The lowest BCUT2D eigenvalue weighted by atomic mass is 10.1. The Morgan fingerprint density at radius 1 is 1.48 bits per heavy atom. The Balaban J connectivity index is 1.79. The van der Waals surface area contributed by atoms with E-state index in [1.54, 1.807) is 13.0 Å². The van der Waals surface area contributed by atoms with Crippen molar-refractivity contribution < 1.29 is 24.2 Å². The molecule has 0 aliphatic carbocycles. The van der Waals surface area contributed by atoms with Crippen LogP contribution in [0.25, 0.3) is 0 Å². The molecule has 0 bridgehead atoms. The number of hydrogen-bond acceptors (Lipinski definition) is 4. The lowest BCUT2D eigenvalue weighted by molar-refractivity contribution is -0.123. The summed E-state index contributed by atoms with van der Waals surface area (Å²) < 4.78 is 10.8. The van der Waals surface area contributed by atoms with E-state index in [1.807, 2.05) is 0 Å². The van der Waals surface area contributed by atoms with Crippen LogP contribution in [0.15, 0.2) is 18.2 Å².